The van der Waals surface area contributed by atoms with Crippen LogP contribution in [0.4, 0.5) is 0 Å². The molecule has 1 aliphatic rings. The maximum atomic E-state index is 5.46. The van der Waals surface area contributed by atoms with Gasteiger partial charge in [-0.1, -0.05) is 0 Å². The highest BCUT2D eigenvalue weighted by atomic mass is 79.9. The first kappa shape index (κ1) is 13.5. The van der Waals surface area contributed by atoms with Gasteiger partial charge in [0.2, 0.25) is 0 Å². The van der Waals surface area contributed by atoms with Gasteiger partial charge < -0.3 is 4.57 Å². The molecule has 0 N–H and O–H groups in total. The molecule has 19 heavy (non-hydrogen) atoms. The van der Waals surface area contributed by atoms with Crippen LogP contribution in [0.5, 0.6) is 0 Å². The van der Waals surface area contributed by atoms with Gasteiger partial charge in [0.25, 0.3) is 0 Å². The molecule has 2 heterocycles. The highest BCUT2D eigenvalue weighted by Gasteiger charge is 2.25. The average Bonchev–Trinajstić information content (AvgIpc) is 3.03. The standard InChI is InChI=1S/C12H15BrN4S2/c1-15(6-10-4-5-11(13)19-10)8-17-12(18)16(7-14-17)9-2-3-9/h4-5,7,9H,2-3,6,8H2,1H3. The summed E-state index contributed by atoms with van der Waals surface area (Å²) in [5.41, 5.74) is 0. The van der Waals surface area contributed by atoms with Gasteiger partial charge in [-0.25, -0.2) is 4.68 Å². The van der Waals surface area contributed by atoms with E-state index >= 15 is 0 Å². The van der Waals surface area contributed by atoms with Gasteiger partial charge in [0.05, 0.1) is 10.5 Å². The average molecular weight is 359 g/mol. The van der Waals surface area contributed by atoms with Gasteiger partial charge in [-0.05, 0) is 60.2 Å². The molecule has 1 aliphatic carbocycles. The van der Waals surface area contributed by atoms with Crippen molar-refractivity contribution in [2.24, 2.45) is 0 Å². The molecule has 0 saturated heterocycles. The fraction of sp³-hybridized carbons (Fsp3) is 0.500. The van der Waals surface area contributed by atoms with Gasteiger partial charge in [-0.3, -0.25) is 4.90 Å². The van der Waals surface area contributed by atoms with Gasteiger partial charge in [0, 0.05) is 17.5 Å². The molecule has 0 aromatic carbocycles. The lowest BCUT2D eigenvalue weighted by molar-refractivity contribution is 0.245. The Bertz CT molecular complexity index is 626. The van der Waals surface area contributed by atoms with Crippen molar-refractivity contribution in [3.05, 3.63) is 31.9 Å². The second kappa shape index (κ2) is 5.47. The number of halogens is 1. The maximum absolute atomic E-state index is 5.46. The van der Waals surface area contributed by atoms with Crippen LogP contribution in [0, 0.1) is 4.77 Å². The third kappa shape index (κ3) is 3.16. The van der Waals surface area contributed by atoms with E-state index in [0.717, 1.165) is 18.0 Å². The van der Waals surface area contributed by atoms with E-state index in [-0.39, 0.29) is 0 Å². The second-order valence-electron chi connectivity index (χ2n) is 4.91. The van der Waals surface area contributed by atoms with Gasteiger partial charge in [-0.2, -0.15) is 5.10 Å². The van der Waals surface area contributed by atoms with Crippen LogP contribution in [0.3, 0.4) is 0 Å². The zero-order chi connectivity index (χ0) is 13.4. The van der Waals surface area contributed by atoms with Crippen molar-refractivity contribution in [2.45, 2.75) is 32.1 Å². The van der Waals surface area contributed by atoms with E-state index in [0.29, 0.717) is 6.04 Å². The summed E-state index contributed by atoms with van der Waals surface area (Å²) in [6, 6.07) is 4.83. The molecule has 1 fully saturated rings. The Balaban J connectivity index is 1.65. The summed E-state index contributed by atoms with van der Waals surface area (Å²) < 4.78 is 6.02. The van der Waals surface area contributed by atoms with Crippen molar-refractivity contribution in [3.63, 3.8) is 0 Å². The Kier molecular flexibility index (Phi) is 3.88. The van der Waals surface area contributed by atoms with E-state index in [2.05, 4.69) is 49.7 Å². The Labute approximate surface area is 129 Å². The molecule has 4 nitrogen and oxygen atoms in total. The van der Waals surface area contributed by atoms with Crippen LogP contribution in [0.15, 0.2) is 22.2 Å². The zero-order valence-corrected chi connectivity index (χ0v) is 13.8. The van der Waals surface area contributed by atoms with Crippen LogP contribution in [0.2, 0.25) is 0 Å². The third-order valence-electron chi connectivity index (χ3n) is 3.13. The zero-order valence-electron chi connectivity index (χ0n) is 10.6. The first-order valence-corrected chi connectivity index (χ1v) is 8.22. The van der Waals surface area contributed by atoms with Crippen molar-refractivity contribution < 1.29 is 0 Å². The van der Waals surface area contributed by atoms with Crippen molar-refractivity contribution in [1.29, 1.82) is 0 Å². The molecule has 1 saturated carbocycles. The lowest BCUT2D eigenvalue weighted by Crippen LogP contribution is -2.22. The monoisotopic (exact) mass is 358 g/mol. The fourth-order valence-corrected chi connectivity index (χ4v) is 3.90. The lowest BCUT2D eigenvalue weighted by atomic mass is 10.4. The molecule has 0 spiro atoms. The topological polar surface area (TPSA) is 26.0 Å². The van der Waals surface area contributed by atoms with E-state index < -0.39 is 0 Å². The molecular formula is C12H15BrN4S2. The van der Waals surface area contributed by atoms with Crippen LogP contribution >= 0.6 is 39.5 Å². The molecule has 7 heteroatoms. The van der Waals surface area contributed by atoms with E-state index in [1.54, 1.807) is 11.3 Å². The largest absolute Gasteiger partial charge is 0.303 e. The normalized spacial score (nSPS) is 15.3. The smallest absolute Gasteiger partial charge is 0.199 e. The van der Waals surface area contributed by atoms with Crippen molar-refractivity contribution >= 4 is 39.5 Å². The summed E-state index contributed by atoms with van der Waals surface area (Å²) in [6.07, 6.45) is 4.34. The van der Waals surface area contributed by atoms with Crippen LogP contribution in [0.1, 0.15) is 23.8 Å². The summed E-state index contributed by atoms with van der Waals surface area (Å²) in [4.78, 5) is 3.56. The molecule has 0 radical (unpaired) electrons. The highest BCUT2D eigenvalue weighted by molar-refractivity contribution is 9.11. The van der Waals surface area contributed by atoms with Gasteiger partial charge in [0.1, 0.15) is 6.33 Å². The first-order chi connectivity index (χ1) is 9.13. The third-order valence-corrected chi connectivity index (χ3v) is 5.16. The van der Waals surface area contributed by atoms with Crippen LogP contribution in [0.25, 0.3) is 0 Å². The summed E-state index contributed by atoms with van der Waals surface area (Å²) in [6.45, 7) is 1.64. The Morgan fingerprint density at radius 3 is 2.95 bits per heavy atom. The summed E-state index contributed by atoms with van der Waals surface area (Å²) in [5.74, 6) is 0. The Morgan fingerprint density at radius 1 is 1.53 bits per heavy atom. The molecule has 0 unspecified atom stereocenters. The van der Waals surface area contributed by atoms with Crippen LogP contribution in [-0.4, -0.2) is 26.3 Å². The van der Waals surface area contributed by atoms with Crippen molar-refractivity contribution in [2.75, 3.05) is 7.05 Å². The first-order valence-electron chi connectivity index (χ1n) is 6.20. The minimum absolute atomic E-state index is 0.597. The number of aromatic nitrogens is 3. The quantitative estimate of drug-likeness (QED) is 0.762. The van der Waals surface area contributed by atoms with E-state index in [9.17, 15) is 0 Å². The van der Waals surface area contributed by atoms with Crippen molar-refractivity contribution in [1.82, 2.24) is 19.2 Å². The highest BCUT2D eigenvalue weighted by Crippen LogP contribution is 2.34. The number of hydrogen-bond donors (Lipinski definition) is 0. The lowest BCUT2D eigenvalue weighted by Gasteiger charge is -2.15. The SMILES string of the molecule is CN(Cc1ccc(Br)s1)Cn1ncn(C2CC2)c1=S. The van der Waals surface area contributed by atoms with E-state index in [1.165, 1.54) is 21.5 Å². The summed E-state index contributed by atoms with van der Waals surface area (Å²) >= 11 is 10.7. The predicted octanol–water partition coefficient (Wildman–Crippen LogP) is 3.66. The molecule has 0 bridgehead atoms. The summed E-state index contributed by atoms with van der Waals surface area (Å²) in [5, 5.41) is 4.39. The number of rotatable bonds is 5. The molecule has 0 atom stereocenters. The molecule has 0 aliphatic heterocycles. The maximum Gasteiger partial charge on any atom is 0.199 e. The number of nitrogens with zero attached hydrogens (tertiary/aromatic N) is 4. The van der Waals surface area contributed by atoms with Gasteiger partial charge in [-0.15, -0.1) is 11.3 Å². The predicted molar refractivity (Wildman–Crippen MR) is 82.8 cm³/mol. The van der Waals surface area contributed by atoms with Crippen molar-refractivity contribution in [3.8, 4) is 0 Å². The van der Waals surface area contributed by atoms with Gasteiger partial charge in [0.15, 0.2) is 4.77 Å². The fourth-order valence-electron chi connectivity index (χ4n) is 2.03. The van der Waals surface area contributed by atoms with Crippen LogP contribution in [-0.2, 0) is 13.2 Å². The minimum atomic E-state index is 0.597. The molecule has 2 aromatic rings. The Morgan fingerprint density at radius 2 is 2.32 bits per heavy atom. The molecule has 3 rings (SSSR count). The molecule has 0 amide bonds. The number of thiophene rings is 1. The van der Waals surface area contributed by atoms with E-state index in [4.69, 9.17) is 12.2 Å². The minimum Gasteiger partial charge on any atom is -0.303 e. The molecular weight excluding hydrogens is 344 g/mol. The Hall–Kier alpha value is -0.500. The van der Waals surface area contributed by atoms with E-state index in [1.807, 2.05) is 11.0 Å². The van der Waals surface area contributed by atoms with Crippen LogP contribution < -0.4 is 0 Å². The van der Waals surface area contributed by atoms with Gasteiger partial charge >= 0.3 is 0 Å². The summed E-state index contributed by atoms with van der Waals surface area (Å²) in [7, 11) is 2.09. The molecule has 2 aromatic heterocycles. The molecule has 102 valence electrons. The number of hydrogen-bond acceptors (Lipinski definition) is 4. The second-order valence-corrected chi connectivity index (χ2v) is 7.83.